The van der Waals surface area contributed by atoms with Crippen molar-refractivity contribution in [3.8, 4) is 0 Å². The number of likely N-dealkylation sites (N-methyl/N-ethyl adjacent to an activating group) is 6. The SMILES string of the molecule is CCC[C@H]1C(=O)N[C@@H]([C@@H](C)CC)C(=O)N(C2CC2)CC(=O)N(C)[C@H]2C/C=C\CCN(C2=O)[C@@H](CC2CCC(C)CC2)C(=O)N(C)CC(=O)N[C@@H](CCC2CCC(Cl)C(Cl)C2)C(=O)N2C[C@H](OC3CCC3)C[C@H]2C(=O)NC2(CC(C)(C)C2)C(=O)N(C)[C@@H](C2CCCC2)C(=O)N(C)[C@H](C(=O)N(C)C)CC(=O)N1C. The van der Waals surface area contributed by atoms with Gasteiger partial charge in [-0.1, -0.05) is 105 Å². The lowest BCUT2D eigenvalue weighted by atomic mass is 9.58. The number of carbonyl (C=O) groups excluding carboxylic acids is 12. The highest BCUT2D eigenvalue weighted by molar-refractivity contribution is 6.30. The third-order valence-corrected chi connectivity index (χ3v) is 26.5. The normalized spacial score (nSPS) is 33.3. The summed E-state index contributed by atoms with van der Waals surface area (Å²) in [5, 5.41) is 8.72. The standard InChI is InChI=1S/C79H126Cl2N12O13/c1-14-22-59-69(97)83-67(49(4)15-2)75(103)92(53-34-35-53)45-66(96)88(11)60-27-17-16-20-38-91(74(60)102)63(40-51-30-28-48(3)29-31-51)73(101)86(9)44-64(94)82-58(37-33-50-32-36-56(80)57(81)39-50)71(99)93-43-55(106-54-25-21-26-54)41-61(93)70(98)84-79(46-78(5,6)47-79)77(105)90(13)68(52-23-18-19-24-52)76(104)89(12)62(72(100)85(7)8)42-65(95)87(59)10/h16-17,48-63,67-68H,14-15,18-47H2,1-13H3,(H,82,94)(H,83,97)(H,84,98)/b17-16-/t48?,49-,50?,51?,55+,56?,57?,58-,59-,60-,61-,62-,63-,67-,68-/m0/s1. The van der Waals surface area contributed by atoms with Crippen molar-refractivity contribution in [3.63, 3.8) is 0 Å². The molecule has 2 saturated heterocycles. The summed E-state index contributed by atoms with van der Waals surface area (Å²) in [6, 6.07) is -9.75. The Labute approximate surface area is 640 Å². The maximum Gasteiger partial charge on any atom is 0.248 e. The predicted octanol–water partition coefficient (Wildman–Crippen LogP) is 7.01. The Morgan fingerprint density at radius 2 is 1.30 bits per heavy atom. The van der Waals surface area contributed by atoms with Crippen LogP contribution < -0.4 is 16.0 Å². The van der Waals surface area contributed by atoms with Gasteiger partial charge in [0, 0.05) is 80.3 Å². The first-order chi connectivity index (χ1) is 50.2. The molecule has 3 N–H and O–H groups in total. The van der Waals surface area contributed by atoms with E-state index >= 15 is 52.7 Å². The Balaban J connectivity index is 1.11. The minimum absolute atomic E-state index is 0.00582. The van der Waals surface area contributed by atoms with Gasteiger partial charge in [0.2, 0.25) is 70.9 Å². The van der Waals surface area contributed by atoms with E-state index in [0.29, 0.717) is 76.5 Å². The van der Waals surface area contributed by atoms with Crippen molar-refractivity contribution in [2.24, 2.45) is 35.0 Å². The molecule has 3 aliphatic heterocycles. The molecule has 6 saturated carbocycles. The second-order valence-electron chi connectivity index (χ2n) is 34.4. The Hall–Kier alpha value is -6.08. The fourth-order valence-corrected chi connectivity index (χ4v) is 18.9. The van der Waals surface area contributed by atoms with E-state index in [4.69, 9.17) is 27.9 Å². The topological polar surface area (TPSA) is 279 Å². The van der Waals surface area contributed by atoms with Crippen LogP contribution in [0, 0.1) is 35.0 Å². The fraction of sp³-hybridized carbons (Fsp3) is 0.823. The molecule has 1 spiro atoms. The van der Waals surface area contributed by atoms with Crippen molar-refractivity contribution in [1.82, 2.24) is 60.0 Å². The summed E-state index contributed by atoms with van der Waals surface area (Å²) in [5.41, 5.74) is -2.03. The monoisotopic (exact) mass is 1520 g/mol. The van der Waals surface area contributed by atoms with Crippen molar-refractivity contribution in [3.05, 3.63) is 12.2 Å². The molecule has 9 aliphatic rings. The van der Waals surface area contributed by atoms with Crippen LogP contribution in [0.3, 0.4) is 0 Å². The first-order valence-electron chi connectivity index (χ1n) is 40.1. The number of alkyl halides is 2. The number of fused-ring (bicyclic) bond motifs is 3. The van der Waals surface area contributed by atoms with Crippen molar-refractivity contribution in [2.45, 2.75) is 304 Å². The zero-order chi connectivity index (χ0) is 77.4. The highest BCUT2D eigenvalue weighted by atomic mass is 35.5. The largest absolute Gasteiger partial charge is 0.373 e. The minimum atomic E-state index is -1.57. The second-order valence-corrected chi connectivity index (χ2v) is 35.5. The van der Waals surface area contributed by atoms with Gasteiger partial charge in [-0.05, 0) is 151 Å². The predicted molar refractivity (Wildman–Crippen MR) is 404 cm³/mol. The van der Waals surface area contributed by atoms with Gasteiger partial charge in [0.05, 0.1) is 30.6 Å². The van der Waals surface area contributed by atoms with Crippen LogP contribution in [0.1, 0.15) is 221 Å². The van der Waals surface area contributed by atoms with Crippen molar-refractivity contribution in [2.75, 3.05) is 75.5 Å². The quantitative estimate of drug-likeness (QED) is 0.117. The van der Waals surface area contributed by atoms with Gasteiger partial charge in [-0.3, -0.25) is 57.5 Å². The molecule has 12 amide bonds. The van der Waals surface area contributed by atoms with Crippen LogP contribution in [0.15, 0.2) is 12.2 Å². The van der Waals surface area contributed by atoms with Crippen LogP contribution in [0.25, 0.3) is 0 Å². The van der Waals surface area contributed by atoms with E-state index < -0.39 is 162 Å². The third kappa shape index (κ3) is 20.1. The maximum atomic E-state index is 15.9. The van der Waals surface area contributed by atoms with Gasteiger partial charge in [0.15, 0.2) is 0 Å². The average molecular weight is 1520 g/mol. The first-order valence-corrected chi connectivity index (χ1v) is 41.0. The van der Waals surface area contributed by atoms with E-state index in [1.807, 2.05) is 46.8 Å². The van der Waals surface area contributed by atoms with Gasteiger partial charge in [-0.25, -0.2) is 0 Å². The molecule has 13 atom stereocenters. The highest BCUT2D eigenvalue weighted by Gasteiger charge is 2.59. The lowest BCUT2D eigenvalue weighted by Crippen LogP contribution is -2.71. The van der Waals surface area contributed by atoms with Crippen LogP contribution in [0.4, 0.5) is 0 Å². The number of nitrogens with one attached hydrogen (secondary N) is 3. The van der Waals surface area contributed by atoms with Crippen LogP contribution >= 0.6 is 23.2 Å². The molecule has 25 nitrogen and oxygen atoms in total. The van der Waals surface area contributed by atoms with Gasteiger partial charge in [-0.2, -0.15) is 0 Å². The average Bonchev–Trinajstić information content (AvgIpc) is 1.04. The van der Waals surface area contributed by atoms with Crippen LogP contribution in [-0.2, 0) is 62.3 Å². The summed E-state index contributed by atoms with van der Waals surface area (Å²) < 4.78 is 6.63. The maximum absolute atomic E-state index is 15.9. The number of carbonyl (C=O) groups is 12. The van der Waals surface area contributed by atoms with E-state index in [1.165, 1.54) is 81.5 Å². The van der Waals surface area contributed by atoms with Gasteiger partial charge in [-0.15, -0.1) is 23.2 Å². The number of amides is 12. The van der Waals surface area contributed by atoms with Gasteiger partial charge in [0.25, 0.3) is 0 Å². The number of hydrogen-bond acceptors (Lipinski definition) is 13. The Kier molecular flexibility index (Phi) is 29.0. The van der Waals surface area contributed by atoms with Crippen LogP contribution in [-0.4, -0.2) is 273 Å². The molecule has 6 aliphatic carbocycles. The number of rotatable bonds is 14. The molecule has 2 bridgehead atoms. The van der Waals surface area contributed by atoms with E-state index in [0.717, 1.165) is 64.2 Å². The molecule has 8 fully saturated rings. The smallest absolute Gasteiger partial charge is 0.248 e. The van der Waals surface area contributed by atoms with Gasteiger partial charge < -0.3 is 64.8 Å². The Morgan fingerprint density at radius 1 is 0.632 bits per heavy atom. The molecular weight excluding hydrogens is 1400 g/mol. The van der Waals surface area contributed by atoms with Crippen LogP contribution in [0.5, 0.6) is 0 Å². The fourth-order valence-electron chi connectivity index (χ4n) is 18.3. The molecule has 0 aromatic heterocycles. The summed E-state index contributed by atoms with van der Waals surface area (Å²) >= 11 is 13.4. The number of ether oxygens (including phenoxy) is 1. The minimum Gasteiger partial charge on any atom is -0.373 e. The lowest BCUT2D eigenvalue weighted by molar-refractivity contribution is -0.161. The first kappa shape index (κ1) is 83.9. The number of hydrogen-bond donors (Lipinski definition) is 3. The second kappa shape index (κ2) is 36.6. The zero-order valence-electron chi connectivity index (χ0n) is 65.8. The summed E-state index contributed by atoms with van der Waals surface area (Å²) in [4.78, 5) is 197. The lowest BCUT2D eigenvalue weighted by Gasteiger charge is -2.54. The molecule has 3 heterocycles. The molecule has 9 rings (SSSR count). The summed E-state index contributed by atoms with van der Waals surface area (Å²) in [5.74, 6) is -6.98. The molecule has 0 aromatic carbocycles. The Morgan fingerprint density at radius 3 is 1.91 bits per heavy atom. The van der Waals surface area contributed by atoms with E-state index in [9.17, 15) is 4.79 Å². The van der Waals surface area contributed by atoms with Gasteiger partial charge >= 0.3 is 0 Å². The number of nitrogens with zero attached hydrogens (tertiary/aromatic N) is 9. The Bertz CT molecular complexity index is 3200. The molecule has 3 unspecified atom stereocenters. The summed E-state index contributed by atoms with van der Waals surface area (Å²) in [6.45, 7) is 11.0. The van der Waals surface area contributed by atoms with Crippen molar-refractivity contribution >= 4 is 94.1 Å². The van der Waals surface area contributed by atoms with E-state index in [2.05, 4.69) is 22.9 Å². The molecule has 106 heavy (non-hydrogen) atoms. The third-order valence-electron chi connectivity index (χ3n) is 25.3. The van der Waals surface area contributed by atoms with Crippen molar-refractivity contribution < 1.29 is 62.3 Å². The van der Waals surface area contributed by atoms with Crippen molar-refractivity contribution in [1.29, 1.82) is 0 Å². The molecule has 27 heteroatoms. The van der Waals surface area contributed by atoms with E-state index in [-0.39, 0.29) is 92.3 Å². The van der Waals surface area contributed by atoms with Gasteiger partial charge in [0.1, 0.15) is 60.4 Å². The molecular formula is C79H126Cl2N12O13. The van der Waals surface area contributed by atoms with Crippen LogP contribution in [0.2, 0.25) is 0 Å². The molecule has 594 valence electrons. The van der Waals surface area contributed by atoms with E-state index in [1.54, 1.807) is 11.9 Å². The summed E-state index contributed by atoms with van der Waals surface area (Å²) in [7, 11) is 10.6. The zero-order valence-corrected chi connectivity index (χ0v) is 67.3. The summed E-state index contributed by atoms with van der Waals surface area (Å²) in [6.07, 6.45) is 17.4. The molecule has 0 aromatic rings. The molecule has 0 radical (unpaired) electrons. The number of halogens is 2. The highest BCUT2D eigenvalue weighted by Crippen LogP contribution is 2.50.